The second kappa shape index (κ2) is 4.49. The Morgan fingerprint density at radius 3 is 3.05 bits per heavy atom. The predicted octanol–water partition coefficient (Wildman–Crippen LogP) is 2.42. The van der Waals surface area contributed by atoms with Crippen molar-refractivity contribution in [1.82, 2.24) is 10.3 Å². The fourth-order valence-corrected chi connectivity index (χ4v) is 3.60. The molecule has 3 heteroatoms. The molecule has 1 N–H and O–H groups in total. The van der Waals surface area contributed by atoms with Crippen molar-refractivity contribution in [3.05, 3.63) is 36.5 Å². The lowest BCUT2D eigenvalue weighted by molar-refractivity contribution is 0.340. The highest BCUT2D eigenvalue weighted by atomic mass is 15.2. The number of rotatable bonds is 1. The largest absolute Gasteiger partial charge is 0.369 e. The third-order valence-corrected chi connectivity index (χ3v) is 4.57. The van der Waals surface area contributed by atoms with E-state index in [2.05, 4.69) is 45.5 Å². The first-order chi connectivity index (χ1) is 9.42. The molecule has 3 nitrogen and oxygen atoms in total. The van der Waals surface area contributed by atoms with Crippen molar-refractivity contribution in [1.29, 1.82) is 0 Å². The van der Waals surface area contributed by atoms with E-state index >= 15 is 0 Å². The van der Waals surface area contributed by atoms with Crippen LogP contribution in [0.15, 0.2) is 36.5 Å². The minimum absolute atomic E-state index is 0.681. The molecule has 0 spiro atoms. The second-order valence-electron chi connectivity index (χ2n) is 5.72. The van der Waals surface area contributed by atoms with Crippen molar-refractivity contribution in [2.45, 2.75) is 18.9 Å². The van der Waals surface area contributed by atoms with Crippen LogP contribution in [0, 0.1) is 5.92 Å². The minimum Gasteiger partial charge on any atom is -0.369 e. The number of anilines is 1. The van der Waals surface area contributed by atoms with Gasteiger partial charge in [0, 0.05) is 36.4 Å². The molecule has 2 fully saturated rings. The van der Waals surface area contributed by atoms with Gasteiger partial charge in [-0.1, -0.05) is 18.2 Å². The molecule has 98 valence electrons. The Morgan fingerprint density at radius 2 is 2.11 bits per heavy atom. The van der Waals surface area contributed by atoms with Crippen molar-refractivity contribution in [3.8, 4) is 0 Å². The van der Waals surface area contributed by atoms with Crippen LogP contribution in [0.5, 0.6) is 0 Å². The topological polar surface area (TPSA) is 28.2 Å². The Balaban J connectivity index is 1.71. The lowest BCUT2D eigenvalue weighted by Gasteiger charge is -2.24. The Hall–Kier alpha value is -1.61. The molecule has 1 aromatic carbocycles. The number of hydrogen-bond donors (Lipinski definition) is 1. The molecule has 2 aromatic rings. The molecule has 1 aromatic heterocycles. The van der Waals surface area contributed by atoms with Gasteiger partial charge in [-0.2, -0.15) is 0 Å². The molecule has 0 aliphatic carbocycles. The van der Waals surface area contributed by atoms with E-state index in [9.17, 15) is 0 Å². The number of pyridine rings is 1. The van der Waals surface area contributed by atoms with Gasteiger partial charge in [0.1, 0.15) is 0 Å². The Labute approximate surface area is 113 Å². The van der Waals surface area contributed by atoms with Crippen LogP contribution in [-0.2, 0) is 0 Å². The molecule has 2 unspecified atom stereocenters. The summed E-state index contributed by atoms with van der Waals surface area (Å²) in [5.74, 6) is 0.820. The zero-order valence-electron chi connectivity index (χ0n) is 11.0. The average Bonchev–Trinajstić information content (AvgIpc) is 2.90. The Bertz CT molecular complexity index is 576. The van der Waals surface area contributed by atoms with Gasteiger partial charge in [0.05, 0.1) is 5.52 Å². The lowest BCUT2D eigenvalue weighted by atomic mass is 9.94. The fraction of sp³-hybridized carbons (Fsp3) is 0.438. The number of nitrogens with zero attached hydrogens (tertiary/aromatic N) is 2. The van der Waals surface area contributed by atoms with Crippen LogP contribution >= 0.6 is 0 Å². The Kier molecular flexibility index (Phi) is 2.66. The summed E-state index contributed by atoms with van der Waals surface area (Å²) in [5, 5.41) is 4.95. The van der Waals surface area contributed by atoms with Gasteiger partial charge >= 0.3 is 0 Å². The molecule has 0 bridgehead atoms. The summed E-state index contributed by atoms with van der Waals surface area (Å²) >= 11 is 0. The summed E-state index contributed by atoms with van der Waals surface area (Å²) in [7, 11) is 0. The maximum atomic E-state index is 4.46. The zero-order valence-corrected chi connectivity index (χ0v) is 11.0. The standard InChI is InChI=1S/C16H19N3/c1-2-6-14-13(5-1)16(7-9-18-14)19-10-12-4-3-8-17-15(12)11-19/h1-2,5-7,9,12,15,17H,3-4,8,10-11H2. The smallest absolute Gasteiger partial charge is 0.0722 e. The SMILES string of the molecule is c1ccc2c(N3CC4CCCNC4C3)ccnc2c1. The zero-order chi connectivity index (χ0) is 12.7. The maximum absolute atomic E-state index is 4.46. The first kappa shape index (κ1) is 11.2. The van der Waals surface area contributed by atoms with Crippen molar-refractivity contribution in [2.24, 2.45) is 5.92 Å². The van der Waals surface area contributed by atoms with Gasteiger partial charge in [-0.15, -0.1) is 0 Å². The second-order valence-corrected chi connectivity index (χ2v) is 5.72. The molecule has 0 saturated carbocycles. The number of piperidine rings is 1. The summed E-state index contributed by atoms with van der Waals surface area (Å²) in [4.78, 5) is 7.00. The molecule has 19 heavy (non-hydrogen) atoms. The normalized spacial score (nSPS) is 26.6. The summed E-state index contributed by atoms with van der Waals surface area (Å²) in [6, 6.07) is 11.3. The van der Waals surface area contributed by atoms with Crippen LogP contribution in [0.25, 0.3) is 10.9 Å². The van der Waals surface area contributed by atoms with Crippen LogP contribution < -0.4 is 10.2 Å². The molecule has 2 saturated heterocycles. The van der Waals surface area contributed by atoms with Gasteiger partial charge in [-0.25, -0.2) is 0 Å². The van der Waals surface area contributed by atoms with Crippen molar-refractivity contribution < 1.29 is 0 Å². The minimum atomic E-state index is 0.681. The molecular weight excluding hydrogens is 234 g/mol. The van der Waals surface area contributed by atoms with E-state index in [1.54, 1.807) is 0 Å². The first-order valence-corrected chi connectivity index (χ1v) is 7.24. The molecule has 3 heterocycles. The monoisotopic (exact) mass is 253 g/mol. The van der Waals surface area contributed by atoms with Crippen LogP contribution in [0.1, 0.15) is 12.8 Å². The van der Waals surface area contributed by atoms with Crippen LogP contribution in [0.2, 0.25) is 0 Å². The molecule has 2 aliphatic heterocycles. The average molecular weight is 253 g/mol. The highest BCUT2D eigenvalue weighted by Gasteiger charge is 2.34. The number of aromatic nitrogens is 1. The molecule has 0 amide bonds. The quantitative estimate of drug-likeness (QED) is 0.846. The number of nitrogens with one attached hydrogen (secondary N) is 1. The van der Waals surface area contributed by atoms with E-state index in [1.807, 2.05) is 6.20 Å². The van der Waals surface area contributed by atoms with Crippen molar-refractivity contribution in [2.75, 3.05) is 24.5 Å². The van der Waals surface area contributed by atoms with Gasteiger partial charge in [0.25, 0.3) is 0 Å². The van der Waals surface area contributed by atoms with E-state index in [0.29, 0.717) is 6.04 Å². The third-order valence-electron chi connectivity index (χ3n) is 4.57. The fourth-order valence-electron chi connectivity index (χ4n) is 3.60. The highest BCUT2D eigenvalue weighted by Crippen LogP contribution is 2.32. The van der Waals surface area contributed by atoms with Gasteiger partial charge in [-0.05, 0) is 37.4 Å². The molecule has 2 aliphatic rings. The summed E-state index contributed by atoms with van der Waals surface area (Å²) in [6.07, 6.45) is 4.64. The predicted molar refractivity (Wildman–Crippen MR) is 78.5 cm³/mol. The van der Waals surface area contributed by atoms with Gasteiger partial charge < -0.3 is 10.2 Å². The van der Waals surface area contributed by atoms with E-state index in [1.165, 1.54) is 37.0 Å². The molecule has 2 atom stereocenters. The van der Waals surface area contributed by atoms with Gasteiger partial charge in [0.2, 0.25) is 0 Å². The van der Waals surface area contributed by atoms with E-state index in [4.69, 9.17) is 0 Å². The number of para-hydroxylation sites is 1. The summed E-state index contributed by atoms with van der Waals surface area (Å²) in [6.45, 7) is 3.51. The van der Waals surface area contributed by atoms with E-state index in [0.717, 1.165) is 18.0 Å². The summed E-state index contributed by atoms with van der Waals surface area (Å²) < 4.78 is 0. The van der Waals surface area contributed by atoms with Crippen molar-refractivity contribution in [3.63, 3.8) is 0 Å². The number of benzene rings is 1. The molecular formula is C16H19N3. The molecule has 0 radical (unpaired) electrons. The highest BCUT2D eigenvalue weighted by molar-refractivity contribution is 5.91. The van der Waals surface area contributed by atoms with Crippen LogP contribution in [0.3, 0.4) is 0 Å². The van der Waals surface area contributed by atoms with E-state index < -0.39 is 0 Å². The first-order valence-electron chi connectivity index (χ1n) is 7.24. The van der Waals surface area contributed by atoms with E-state index in [-0.39, 0.29) is 0 Å². The number of hydrogen-bond acceptors (Lipinski definition) is 3. The Morgan fingerprint density at radius 1 is 1.16 bits per heavy atom. The van der Waals surface area contributed by atoms with Gasteiger partial charge in [-0.3, -0.25) is 4.98 Å². The lowest BCUT2D eigenvalue weighted by Crippen LogP contribution is -2.40. The van der Waals surface area contributed by atoms with Crippen molar-refractivity contribution >= 4 is 16.6 Å². The van der Waals surface area contributed by atoms with Gasteiger partial charge in [0.15, 0.2) is 0 Å². The maximum Gasteiger partial charge on any atom is 0.0722 e. The number of fused-ring (bicyclic) bond motifs is 2. The molecule has 4 rings (SSSR count). The summed E-state index contributed by atoms with van der Waals surface area (Å²) in [5.41, 5.74) is 2.45. The van der Waals surface area contributed by atoms with Crippen LogP contribution in [-0.4, -0.2) is 30.7 Å². The van der Waals surface area contributed by atoms with Crippen LogP contribution in [0.4, 0.5) is 5.69 Å². The third kappa shape index (κ3) is 1.89.